The van der Waals surface area contributed by atoms with Gasteiger partial charge in [-0.2, -0.15) is 4.98 Å². The van der Waals surface area contributed by atoms with Gasteiger partial charge in [0.25, 0.3) is 0 Å². The first-order valence-electron chi connectivity index (χ1n) is 8.56. The van der Waals surface area contributed by atoms with Crippen molar-refractivity contribution in [2.75, 3.05) is 11.6 Å². The molecule has 0 saturated heterocycles. The largest absolute Gasteiger partial charge is 0.448 e. The highest BCUT2D eigenvalue weighted by Gasteiger charge is 2.28. The third-order valence-corrected chi connectivity index (χ3v) is 5.60. The fourth-order valence-electron chi connectivity index (χ4n) is 3.49. The van der Waals surface area contributed by atoms with E-state index in [9.17, 15) is 0 Å². The molecule has 1 unspecified atom stereocenters. The number of rotatable bonds is 2. The molecule has 0 radical (unpaired) electrons. The number of aromatic nitrogens is 3. The summed E-state index contributed by atoms with van der Waals surface area (Å²) < 4.78 is 7.32. The Labute approximate surface area is 171 Å². The van der Waals surface area contributed by atoms with Gasteiger partial charge in [-0.15, -0.1) is 10.2 Å². The number of ether oxygens (including phenoxy) is 1. The Morgan fingerprint density at radius 3 is 2.52 bits per heavy atom. The van der Waals surface area contributed by atoms with Crippen LogP contribution in [0.25, 0.3) is 11.3 Å². The molecule has 27 heavy (non-hydrogen) atoms. The van der Waals surface area contributed by atoms with Crippen LogP contribution in [0.4, 0.5) is 5.69 Å². The highest BCUT2D eigenvalue weighted by molar-refractivity contribution is 9.10. The highest BCUT2D eigenvalue weighted by atomic mass is 79.9. The molecule has 5 nitrogen and oxygen atoms in total. The minimum Gasteiger partial charge on any atom is -0.448 e. The predicted octanol–water partition coefficient (Wildman–Crippen LogP) is 5.45. The molecule has 1 aliphatic rings. The zero-order valence-electron chi connectivity index (χ0n) is 15.5. The van der Waals surface area contributed by atoms with Gasteiger partial charge in [0.15, 0.2) is 11.9 Å². The molecular weight excluding hydrogens is 424 g/mol. The molecule has 0 aliphatic carbocycles. The fraction of sp³-hybridized carbons (Fsp3) is 0.250. The Kier molecular flexibility index (Phi) is 4.82. The van der Waals surface area contributed by atoms with Crippen LogP contribution >= 0.6 is 27.7 Å². The SMILES string of the molecule is CSc1nnc2c(n1)OC(c1c(C)cc(C)cc1C)Nc1ccc(Br)cc1-2. The number of hydrogen-bond acceptors (Lipinski definition) is 6. The van der Waals surface area contributed by atoms with Crippen molar-refractivity contribution in [3.8, 4) is 17.1 Å². The van der Waals surface area contributed by atoms with E-state index < -0.39 is 0 Å². The normalized spacial score (nSPS) is 15.2. The van der Waals surface area contributed by atoms with Gasteiger partial charge in [-0.1, -0.05) is 45.4 Å². The van der Waals surface area contributed by atoms with Crippen LogP contribution < -0.4 is 10.1 Å². The standard InChI is InChI=1S/C20H19BrN4OS/c1-10-7-11(2)16(12(3)8-10)18-22-15-6-5-13(21)9-14(15)17-19(26-18)23-20(27-4)25-24-17/h5-9,18,22H,1-4H3. The van der Waals surface area contributed by atoms with Crippen molar-refractivity contribution in [1.29, 1.82) is 0 Å². The lowest BCUT2D eigenvalue weighted by Gasteiger charge is -2.23. The first-order valence-corrected chi connectivity index (χ1v) is 10.6. The maximum absolute atomic E-state index is 6.36. The van der Waals surface area contributed by atoms with Gasteiger partial charge in [-0.3, -0.25) is 0 Å². The average Bonchev–Trinajstić information content (AvgIpc) is 2.76. The number of benzene rings is 2. The predicted molar refractivity (Wildman–Crippen MR) is 112 cm³/mol. The van der Waals surface area contributed by atoms with E-state index in [4.69, 9.17) is 4.74 Å². The average molecular weight is 443 g/mol. The molecule has 1 N–H and O–H groups in total. The molecule has 2 heterocycles. The number of anilines is 1. The second-order valence-electron chi connectivity index (χ2n) is 6.60. The molecule has 0 saturated carbocycles. The third kappa shape index (κ3) is 3.41. The van der Waals surface area contributed by atoms with Crippen LogP contribution in [0.2, 0.25) is 0 Å². The minimum absolute atomic E-state index is 0.363. The molecule has 4 rings (SSSR count). The molecule has 0 fully saturated rings. The molecule has 0 spiro atoms. The summed E-state index contributed by atoms with van der Waals surface area (Å²) in [5.74, 6) is 0.489. The van der Waals surface area contributed by atoms with Gasteiger partial charge in [0.1, 0.15) is 0 Å². The monoisotopic (exact) mass is 442 g/mol. The first-order chi connectivity index (χ1) is 13.0. The summed E-state index contributed by atoms with van der Waals surface area (Å²) in [7, 11) is 0. The first kappa shape index (κ1) is 18.3. The highest BCUT2D eigenvalue weighted by Crippen LogP contribution is 2.41. The number of nitrogens with one attached hydrogen (secondary N) is 1. The van der Waals surface area contributed by atoms with Gasteiger partial charge in [0, 0.05) is 21.3 Å². The molecule has 2 aromatic carbocycles. The van der Waals surface area contributed by atoms with Crippen molar-refractivity contribution in [2.45, 2.75) is 32.2 Å². The number of nitrogens with zero attached hydrogens (tertiary/aromatic N) is 3. The second kappa shape index (κ2) is 7.13. The van der Waals surface area contributed by atoms with Crippen molar-refractivity contribution in [2.24, 2.45) is 0 Å². The summed E-state index contributed by atoms with van der Waals surface area (Å²) in [6.45, 7) is 6.33. The van der Waals surface area contributed by atoms with Crippen molar-refractivity contribution in [3.63, 3.8) is 0 Å². The molecular formula is C20H19BrN4OS. The van der Waals surface area contributed by atoms with Crippen LogP contribution in [-0.4, -0.2) is 21.4 Å². The Hall–Kier alpha value is -2.12. The van der Waals surface area contributed by atoms with Gasteiger partial charge in [0.05, 0.1) is 0 Å². The van der Waals surface area contributed by atoms with Gasteiger partial charge >= 0.3 is 0 Å². The third-order valence-electron chi connectivity index (χ3n) is 4.57. The molecule has 0 amide bonds. The fourth-order valence-corrected chi connectivity index (χ4v) is 4.15. The van der Waals surface area contributed by atoms with E-state index in [1.807, 2.05) is 24.5 Å². The Balaban J connectivity index is 1.92. The lowest BCUT2D eigenvalue weighted by atomic mass is 9.98. The van der Waals surface area contributed by atoms with Crippen molar-refractivity contribution in [3.05, 3.63) is 57.1 Å². The van der Waals surface area contributed by atoms with E-state index in [-0.39, 0.29) is 6.23 Å². The maximum atomic E-state index is 6.36. The Morgan fingerprint density at radius 2 is 1.81 bits per heavy atom. The summed E-state index contributed by atoms with van der Waals surface area (Å²) in [6, 6.07) is 10.4. The van der Waals surface area contributed by atoms with E-state index in [2.05, 4.69) is 69.3 Å². The Bertz CT molecular complexity index is 1020. The maximum Gasteiger partial charge on any atom is 0.247 e. The second-order valence-corrected chi connectivity index (χ2v) is 8.29. The number of thioether (sulfide) groups is 1. The minimum atomic E-state index is -0.363. The summed E-state index contributed by atoms with van der Waals surface area (Å²) in [5, 5.41) is 12.7. The number of aryl methyl sites for hydroxylation is 3. The van der Waals surface area contributed by atoms with Crippen LogP contribution in [0.5, 0.6) is 5.88 Å². The zero-order valence-corrected chi connectivity index (χ0v) is 17.9. The molecule has 1 aliphatic heterocycles. The van der Waals surface area contributed by atoms with E-state index in [1.54, 1.807) is 0 Å². The van der Waals surface area contributed by atoms with Gasteiger partial charge < -0.3 is 10.1 Å². The van der Waals surface area contributed by atoms with Crippen LogP contribution in [0.15, 0.2) is 40.0 Å². The molecule has 138 valence electrons. The van der Waals surface area contributed by atoms with Crippen LogP contribution in [0, 0.1) is 20.8 Å². The lowest BCUT2D eigenvalue weighted by molar-refractivity contribution is 0.224. The summed E-state index contributed by atoms with van der Waals surface area (Å²) in [5.41, 5.74) is 7.21. The summed E-state index contributed by atoms with van der Waals surface area (Å²) >= 11 is 4.99. The molecule has 0 bridgehead atoms. The summed E-state index contributed by atoms with van der Waals surface area (Å²) in [4.78, 5) is 4.58. The molecule has 3 aromatic rings. The van der Waals surface area contributed by atoms with E-state index in [1.165, 1.54) is 28.5 Å². The van der Waals surface area contributed by atoms with Gasteiger partial charge in [0.2, 0.25) is 11.0 Å². The van der Waals surface area contributed by atoms with Crippen molar-refractivity contribution >= 4 is 33.4 Å². The van der Waals surface area contributed by atoms with Crippen LogP contribution in [0.3, 0.4) is 0 Å². The lowest BCUT2D eigenvalue weighted by Crippen LogP contribution is -2.19. The van der Waals surface area contributed by atoms with E-state index >= 15 is 0 Å². The number of hydrogen-bond donors (Lipinski definition) is 1. The Morgan fingerprint density at radius 1 is 1.07 bits per heavy atom. The molecule has 1 atom stereocenters. The zero-order chi connectivity index (χ0) is 19.1. The van der Waals surface area contributed by atoms with Gasteiger partial charge in [-0.05, 0) is 56.4 Å². The quantitative estimate of drug-likeness (QED) is 0.532. The summed E-state index contributed by atoms with van der Waals surface area (Å²) in [6.07, 6.45) is 1.56. The van der Waals surface area contributed by atoms with Crippen LogP contribution in [0.1, 0.15) is 28.5 Å². The molecule has 1 aromatic heterocycles. The smallest absolute Gasteiger partial charge is 0.247 e. The number of fused-ring (bicyclic) bond motifs is 3. The van der Waals surface area contributed by atoms with Crippen molar-refractivity contribution < 1.29 is 4.74 Å². The topological polar surface area (TPSA) is 59.9 Å². The molecule has 7 heteroatoms. The van der Waals surface area contributed by atoms with Gasteiger partial charge in [-0.25, -0.2) is 0 Å². The number of halogens is 1. The van der Waals surface area contributed by atoms with E-state index in [0.29, 0.717) is 16.7 Å². The van der Waals surface area contributed by atoms with Crippen LogP contribution in [-0.2, 0) is 0 Å². The van der Waals surface area contributed by atoms with Crippen molar-refractivity contribution in [1.82, 2.24) is 15.2 Å². The van der Waals surface area contributed by atoms with E-state index in [0.717, 1.165) is 21.3 Å².